The summed E-state index contributed by atoms with van der Waals surface area (Å²) >= 11 is 5.68. The molecule has 0 saturated carbocycles. The first-order chi connectivity index (χ1) is 3.77. The van der Waals surface area contributed by atoms with Crippen molar-refractivity contribution in [3.05, 3.63) is 12.7 Å². The van der Waals surface area contributed by atoms with Crippen LogP contribution in [-0.4, -0.2) is 5.38 Å². The van der Waals surface area contributed by atoms with E-state index < -0.39 is 0 Å². The van der Waals surface area contributed by atoms with Crippen molar-refractivity contribution in [3.8, 4) is 0 Å². The van der Waals surface area contributed by atoms with Crippen LogP contribution < -0.4 is 0 Å². The van der Waals surface area contributed by atoms with E-state index in [0.29, 0.717) is 5.38 Å². The summed E-state index contributed by atoms with van der Waals surface area (Å²) in [4.78, 5) is 0. The SMILES string of the molecule is C=CCCCC(C)Cl. The van der Waals surface area contributed by atoms with Crippen LogP contribution in [0.15, 0.2) is 12.7 Å². The minimum absolute atomic E-state index is 0.329. The Morgan fingerprint density at radius 1 is 1.75 bits per heavy atom. The molecular formula is C7H13Cl. The molecule has 8 heavy (non-hydrogen) atoms. The van der Waals surface area contributed by atoms with Crippen molar-refractivity contribution >= 4 is 11.6 Å². The third kappa shape index (κ3) is 6.03. The van der Waals surface area contributed by atoms with Gasteiger partial charge < -0.3 is 0 Å². The Balaban J connectivity index is 2.81. The molecule has 0 radical (unpaired) electrons. The van der Waals surface area contributed by atoms with Crippen LogP contribution in [0.2, 0.25) is 0 Å². The largest absolute Gasteiger partial charge is 0.123 e. The van der Waals surface area contributed by atoms with Gasteiger partial charge in [0.25, 0.3) is 0 Å². The van der Waals surface area contributed by atoms with Crippen LogP contribution in [0.5, 0.6) is 0 Å². The van der Waals surface area contributed by atoms with Crippen molar-refractivity contribution in [2.75, 3.05) is 0 Å². The van der Waals surface area contributed by atoms with E-state index in [1.807, 2.05) is 13.0 Å². The van der Waals surface area contributed by atoms with E-state index >= 15 is 0 Å². The van der Waals surface area contributed by atoms with Crippen molar-refractivity contribution in [2.24, 2.45) is 0 Å². The van der Waals surface area contributed by atoms with Crippen LogP contribution in [0, 0.1) is 0 Å². The molecule has 0 N–H and O–H groups in total. The van der Waals surface area contributed by atoms with Crippen LogP contribution >= 0.6 is 11.6 Å². The fraction of sp³-hybridized carbons (Fsp3) is 0.714. The van der Waals surface area contributed by atoms with Gasteiger partial charge in [-0.3, -0.25) is 0 Å². The van der Waals surface area contributed by atoms with Crippen molar-refractivity contribution in [1.29, 1.82) is 0 Å². The predicted molar refractivity (Wildman–Crippen MR) is 39.4 cm³/mol. The minimum Gasteiger partial charge on any atom is -0.123 e. The van der Waals surface area contributed by atoms with Gasteiger partial charge in [-0.2, -0.15) is 0 Å². The number of halogens is 1. The van der Waals surface area contributed by atoms with Crippen LogP contribution in [0.1, 0.15) is 26.2 Å². The highest BCUT2D eigenvalue weighted by molar-refractivity contribution is 6.20. The second-order valence-corrected chi connectivity index (χ2v) is 2.75. The monoisotopic (exact) mass is 132 g/mol. The summed E-state index contributed by atoms with van der Waals surface area (Å²) in [6, 6.07) is 0. The number of rotatable bonds is 4. The summed E-state index contributed by atoms with van der Waals surface area (Å²) < 4.78 is 0. The molecule has 0 amide bonds. The molecule has 0 saturated heterocycles. The maximum atomic E-state index is 5.68. The Kier molecular flexibility index (Phi) is 5.19. The average Bonchev–Trinajstić information content (AvgIpc) is 1.66. The van der Waals surface area contributed by atoms with Gasteiger partial charge in [-0.15, -0.1) is 18.2 Å². The number of hydrogen-bond acceptors (Lipinski definition) is 0. The topological polar surface area (TPSA) is 0 Å². The van der Waals surface area contributed by atoms with E-state index in [4.69, 9.17) is 11.6 Å². The summed E-state index contributed by atoms with van der Waals surface area (Å²) in [5, 5.41) is 0.329. The molecule has 1 heteroatoms. The van der Waals surface area contributed by atoms with Gasteiger partial charge in [-0.05, 0) is 26.2 Å². The van der Waals surface area contributed by atoms with E-state index in [0.717, 1.165) is 12.8 Å². The number of hydrogen-bond donors (Lipinski definition) is 0. The van der Waals surface area contributed by atoms with Gasteiger partial charge in [0, 0.05) is 5.38 Å². The van der Waals surface area contributed by atoms with Crippen LogP contribution in [0.3, 0.4) is 0 Å². The molecule has 0 aliphatic carbocycles. The Bertz CT molecular complexity index is 57.4. The van der Waals surface area contributed by atoms with Crippen LogP contribution in [-0.2, 0) is 0 Å². The summed E-state index contributed by atoms with van der Waals surface area (Å²) in [5.41, 5.74) is 0. The van der Waals surface area contributed by atoms with Gasteiger partial charge in [-0.25, -0.2) is 0 Å². The lowest BCUT2D eigenvalue weighted by Crippen LogP contribution is -1.88. The zero-order valence-electron chi connectivity index (χ0n) is 5.36. The van der Waals surface area contributed by atoms with E-state index in [1.54, 1.807) is 0 Å². The summed E-state index contributed by atoms with van der Waals surface area (Å²) in [6.07, 6.45) is 5.30. The number of allylic oxidation sites excluding steroid dienone is 1. The third-order valence-corrected chi connectivity index (χ3v) is 1.23. The number of unbranched alkanes of at least 4 members (excludes halogenated alkanes) is 1. The fourth-order valence-corrected chi connectivity index (χ4v) is 0.698. The Morgan fingerprint density at radius 2 is 2.38 bits per heavy atom. The van der Waals surface area contributed by atoms with Crippen molar-refractivity contribution in [2.45, 2.75) is 31.6 Å². The second kappa shape index (κ2) is 5.17. The van der Waals surface area contributed by atoms with E-state index in [1.165, 1.54) is 6.42 Å². The lowest BCUT2D eigenvalue weighted by Gasteiger charge is -1.97. The van der Waals surface area contributed by atoms with Gasteiger partial charge in [0.05, 0.1) is 0 Å². The average molecular weight is 133 g/mol. The molecule has 1 unspecified atom stereocenters. The molecule has 0 fully saturated rings. The Morgan fingerprint density at radius 3 is 2.75 bits per heavy atom. The summed E-state index contributed by atoms with van der Waals surface area (Å²) in [6.45, 7) is 5.63. The normalized spacial score (nSPS) is 13.2. The van der Waals surface area contributed by atoms with Gasteiger partial charge in [0.1, 0.15) is 0 Å². The second-order valence-electron chi connectivity index (χ2n) is 2.00. The van der Waals surface area contributed by atoms with Crippen LogP contribution in [0.4, 0.5) is 0 Å². The Labute approximate surface area is 56.5 Å². The molecule has 0 nitrogen and oxygen atoms in total. The standard InChI is InChI=1S/C7H13Cl/c1-3-4-5-6-7(2)8/h3,7H,1,4-6H2,2H3. The highest BCUT2D eigenvalue weighted by Crippen LogP contribution is 2.05. The summed E-state index contributed by atoms with van der Waals surface area (Å²) in [5.74, 6) is 0. The van der Waals surface area contributed by atoms with Gasteiger partial charge in [0.15, 0.2) is 0 Å². The fourth-order valence-electron chi connectivity index (χ4n) is 0.543. The first-order valence-electron chi connectivity index (χ1n) is 3.02. The predicted octanol–water partition coefficient (Wildman–Crippen LogP) is 2.97. The van der Waals surface area contributed by atoms with Gasteiger partial charge in [-0.1, -0.05) is 6.08 Å². The molecule has 0 heterocycles. The summed E-state index contributed by atoms with van der Waals surface area (Å²) in [7, 11) is 0. The highest BCUT2D eigenvalue weighted by atomic mass is 35.5. The molecule has 48 valence electrons. The zero-order chi connectivity index (χ0) is 6.41. The van der Waals surface area contributed by atoms with E-state index in [-0.39, 0.29) is 0 Å². The molecule has 0 aromatic rings. The smallest absolute Gasteiger partial charge is 0.0307 e. The molecule has 0 spiro atoms. The first kappa shape index (κ1) is 8.03. The lowest BCUT2D eigenvalue weighted by molar-refractivity contribution is 0.736. The molecule has 0 aliphatic rings. The Hall–Kier alpha value is 0.0300. The van der Waals surface area contributed by atoms with Crippen LogP contribution in [0.25, 0.3) is 0 Å². The van der Waals surface area contributed by atoms with Crippen molar-refractivity contribution in [3.63, 3.8) is 0 Å². The minimum atomic E-state index is 0.329. The van der Waals surface area contributed by atoms with E-state index in [9.17, 15) is 0 Å². The lowest BCUT2D eigenvalue weighted by atomic mass is 10.2. The molecule has 0 bridgehead atoms. The van der Waals surface area contributed by atoms with Gasteiger partial charge >= 0.3 is 0 Å². The van der Waals surface area contributed by atoms with Crippen molar-refractivity contribution in [1.82, 2.24) is 0 Å². The number of alkyl halides is 1. The maximum absolute atomic E-state index is 5.68. The zero-order valence-corrected chi connectivity index (χ0v) is 6.12. The van der Waals surface area contributed by atoms with E-state index in [2.05, 4.69) is 6.58 Å². The maximum Gasteiger partial charge on any atom is 0.0307 e. The van der Waals surface area contributed by atoms with Gasteiger partial charge in [0.2, 0.25) is 0 Å². The molecule has 0 aromatic heterocycles. The van der Waals surface area contributed by atoms with Crippen molar-refractivity contribution < 1.29 is 0 Å². The molecule has 0 aromatic carbocycles. The quantitative estimate of drug-likeness (QED) is 0.314. The molecular weight excluding hydrogens is 120 g/mol. The molecule has 0 aliphatic heterocycles. The molecule has 1 atom stereocenters. The first-order valence-corrected chi connectivity index (χ1v) is 3.46. The molecule has 0 rings (SSSR count). The highest BCUT2D eigenvalue weighted by Gasteiger charge is 1.91. The third-order valence-electron chi connectivity index (χ3n) is 1.01.